The van der Waals surface area contributed by atoms with Crippen LogP contribution in [0.2, 0.25) is 0 Å². The lowest BCUT2D eigenvalue weighted by atomic mass is 9.96. The Morgan fingerprint density at radius 1 is 1.12 bits per heavy atom. The van der Waals surface area contributed by atoms with Crippen LogP contribution in [0.5, 0.6) is 0 Å². The number of fused-ring (bicyclic) bond motifs is 1. The predicted octanol–water partition coefficient (Wildman–Crippen LogP) is 5.08. The summed E-state index contributed by atoms with van der Waals surface area (Å²) < 4.78 is 16.3. The molecule has 1 saturated carbocycles. The van der Waals surface area contributed by atoms with E-state index in [4.69, 9.17) is 0 Å². The maximum atomic E-state index is 14.4. The van der Waals surface area contributed by atoms with Crippen LogP contribution in [0.15, 0.2) is 41.8 Å². The van der Waals surface area contributed by atoms with Gasteiger partial charge in [-0.2, -0.15) is 0 Å². The highest BCUT2D eigenvalue weighted by atomic mass is 32.1. The Hall–Kier alpha value is -2.87. The molecule has 2 aromatic heterocycles. The number of piperazine rings is 1. The van der Waals surface area contributed by atoms with Crippen molar-refractivity contribution < 1.29 is 14.0 Å². The van der Waals surface area contributed by atoms with Crippen molar-refractivity contribution in [3.05, 3.63) is 58.9 Å². The van der Waals surface area contributed by atoms with Crippen LogP contribution >= 0.6 is 11.3 Å². The third kappa shape index (κ3) is 4.56. The first-order valence-electron chi connectivity index (χ1n) is 12.2. The zero-order valence-corrected chi connectivity index (χ0v) is 20.3. The molecular formula is C26H31FN4O2S. The second-order valence-electron chi connectivity index (χ2n) is 9.47. The second-order valence-corrected chi connectivity index (χ2v) is 10.4. The van der Waals surface area contributed by atoms with E-state index in [1.165, 1.54) is 25.3 Å². The van der Waals surface area contributed by atoms with E-state index < -0.39 is 0 Å². The van der Waals surface area contributed by atoms with Crippen molar-refractivity contribution in [3.8, 4) is 0 Å². The summed E-state index contributed by atoms with van der Waals surface area (Å²) in [6, 6.07) is 10.8. The zero-order chi connectivity index (χ0) is 23.7. The summed E-state index contributed by atoms with van der Waals surface area (Å²) in [6.07, 6.45) is 5.70. The average molecular weight is 483 g/mol. The first kappa shape index (κ1) is 22.9. The van der Waals surface area contributed by atoms with Crippen LogP contribution in [0, 0.1) is 5.82 Å². The van der Waals surface area contributed by atoms with E-state index >= 15 is 0 Å². The number of rotatable bonds is 4. The lowest BCUT2D eigenvalue weighted by Gasteiger charge is -2.40. The molecule has 1 aliphatic carbocycles. The molecular weight excluding hydrogens is 451 g/mol. The minimum Gasteiger partial charge on any atom is -0.335 e. The molecule has 0 bridgehead atoms. The molecule has 2 fully saturated rings. The number of hydrogen-bond acceptors (Lipinski definition) is 3. The minimum atomic E-state index is -0.273. The fraction of sp³-hybridized carbons (Fsp3) is 0.462. The number of thiophene rings is 1. The van der Waals surface area contributed by atoms with Crippen molar-refractivity contribution in [2.45, 2.75) is 57.7 Å². The van der Waals surface area contributed by atoms with Gasteiger partial charge in [-0.3, -0.25) is 4.79 Å². The predicted molar refractivity (Wildman–Crippen MR) is 133 cm³/mol. The van der Waals surface area contributed by atoms with Gasteiger partial charge in [0.05, 0.1) is 6.54 Å². The van der Waals surface area contributed by atoms with E-state index in [-0.39, 0.29) is 29.8 Å². The number of halogens is 1. The monoisotopic (exact) mass is 482 g/mol. The first-order valence-corrected chi connectivity index (χ1v) is 13.1. The third-order valence-corrected chi connectivity index (χ3v) is 8.07. The molecule has 5 rings (SSSR count). The van der Waals surface area contributed by atoms with Crippen LogP contribution in [0.1, 0.15) is 55.1 Å². The van der Waals surface area contributed by atoms with Crippen LogP contribution in [-0.2, 0) is 6.54 Å². The summed E-state index contributed by atoms with van der Waals surface area (Å²) in [5.41, 5.74) is 1.12. The molecule has 1 aliphatic heterocycles. The van der Waals surface area contributed by atoms with Crippen molar-refractivity contribution in [1.29, 1.82) is 0 Å². The normalized spacial score (nSPS) is 19.5. The molecule has 3 heterocycles. The number of carbonyl (C=O) groups excluding carboxylic acids is 2. The van der Waals surface area contributed by atoms with Crippen LogP contribution in [-0.4, -0.2) is 58.0 Å². The molecule has 0 spiro atoms. The highest BCUT2D eigenvalue weighted by Gasteiger charge is 2.32. The Morgan fingerprint density at radius 3 is 2.68 bits per heavy atom. The molecule has 2 aliphatic rings. The van der Waals surface area contributed by atoms with Gasteiger partial charge in [0.2, 0.25) is 0 Å². The summed E-state index contributed by atoms with van der Waals surface area (Å²) in [7, 11) is 0. The Morgan fingerprint density at radius 2 is 1.91 bits per heavy atom. The van der Waals surface area contributed by atoms with E-state index in [0.29, 0.717) is 37.4 Å². The average Bonchev–Trinajstić information content (AvgIpc) is 3.43. The molecule has 34 heavy (non-hydrogen) atoms. The Kier molecular flexibility index (Phi) is 6.59. The standard InChI is InChI=1S/C26H31FN4O2S/c1-18-16-29(12-13-30(18)26(33)28-21-8-3-2-4-9-21)24(32)23-15-19-11-14-34-25(19)31(23)17-20-7-5-6-10-22(20)27/h5-7,10-11,14-15,18,21H,2-4,8-9,12-13,16-17H2,1H3,(H,28,33)/t18-/m0/s1. The van der Waals surface area contributed by atoms with Crippen LogP contribution in [0.25, 0.3) is 10.2 Å². The lowest BCUT2D eigenvalue weighted by Crippen LogP contribution is -2.58. The molecule has 1 N–H and O–H groups in total. The molecule has 0 radical (unpaired) electrons. The van der Waals surface area contributed by atoms with Crippen LogP contribution in [0.3, 0.4) is 0 Å². The van der Waals surface area contributed by atoms with Crippen molar-refractivity contribution in [1.82, 2.24) is 19.7 Å². The Labute approximate surface area is 203 Å². The van der Waals surface area contributed by atoms with Gasteiger partial charge >= 0.3 is 6.03 Å². The molecule has 3 amide bonds. The van der Waals surface area contributed by atoms with Gasteiger partial charge in [-0.25, -0.2) is 9.18 Å². The van der Waals surface area contributed by atoms with E-state index in [9.17, 15) is 14.0 Å². The fourth-order valence-corrected chi connectivity index (χ4v) is 6.11. The first-order chi connectivity index (χ1) is 16.5. The number of aromatic nitrogens is 1. The fourth-order valence-electron chi connectivity index (χ4n) is 5.22. The van der Waals surface area contributed by atoms with Gasteiger partial charge in [0, 0.05) is 42.7 Å². The maximum Gasteiger partial charge on any atom is 0.317 e. The van der Waals surface area contributed by atoms with Gasteiger partial charge in [0.15, 0.2) is 0 Å². The van der Waals surface area contributed by atoms with Crippen molar-refractivity contribution >= 4 is 33.5 Å². The number of benzene rings is 1. The number of hydrogen-bond donors (Lipinski definition) is 1. The van der Waals surface area contributed by atoms with Gasteiger partial charge < -0.3 is 19.7 Å². The molecule has 8 heteroatoms. The van der Waals surface area contributed by atoms with Crippen LogP contribution in [0.4, 0.5) is 9.18 Å². The van der Waals surface area contributed by atoms with E-state index in [0.717, 1.165) is 23.1 Å². The summed E-state index contributed by atoms with van der Waals surface area (Å²) in [5, 5.41) is 6.17. The largest absolute Gasteiger partial charge is 0.335 e. The number of amides is 3. The Bertz CT molecular complexity index is 1180. The zero-order valence-electron chi connectivity index (χ0n) is 19.5. The maximum absolute atomic E-state index is 14.4. The molecule has 180 valence electrons. The van der Waals surface area contributed by atoms with E-state index in [1.807, 2.05) is 44.9 Å². The van der Waals surface area contributed by atoms with E-state index in [1.54, 1.807) is 23.5 Å². The summed E-state index contributed by atoms with van der Waals surface area (Å²) in [6.45, 7) is 3.77. The van der Waals surface area contributed by atoms with Gasteiger partial charge in [-0.1, -0.05) is 37.5 Å². The van der Waals surface area contributed by atoms with Crippen molar-refractivity contribution in [3.63, 3.8) is 0 Å². The van der Waals surface area contributed by atoms with Gasteiger partial charge in [-0.05, 0) is 43.3 Å². The summed E-state index contributed by atoms with van der Waals surface area (Å²) >= 11 is 1.55. The number of carbonyl (C=O) groups is 2. The number of nitrogens with one attached hydrogen (secondary N) is 1. The Balaban J connectivity index is 1.30. The minimum absolute atomic E-state index is 0.0186. The molecule has 0 unspecified atom stereocenters. The SMILES string of the molecule is C[C@H]1CN(C(=O)c2cc3ccsc3n2Cc2ccccc2F)CCN1C(=O)NC1CCCCC1. The van der Waals surface area contributed by atoms with Gasteiger partial charge in [-0.15, -0.1) is 11.3 Å². The molecule has 6 nitrogen and oxygen atoms in total. The smallest absolute Gasteiger partial charge is 0.317 e. The second kappa shape index (κ2) is 9.78. The van der Waals surface area contributed by atoms with Gasteiger partial charge in [0.25, 0.3) is 5.91 Å². The quantitative estimate of drug-likeness (QED) is 0.564. The van der Waals surface area contributed by atoms with Crippen molar-refractivity contribution in [2.24, 2.45) is 0 Å². The highest BCUT2D eigenvalue weighted by Crippen LogP contribution is 2.28. The van der Waals surface area contributed by atoms with E-state index in [2.05, 4.69) is 5.32 Å². The summed E-state index contributed by atoms with van der Waals surface area (Å²) in [4.78, 5) is 31.1. The third-order valence-electron chi connectivity index (χ3n) is 7.12. The molecule has 1 saturated heterocycles. The van der Waals surface area contributed by atoms with Crippen LogP contribution < -0.4 is 5.32 Å². The molecule has 1 aromatic carbocycles. The highest BCUT2D eigenvalue weighted by molar-refractivity contribution is 7.16. The van der Waals surface area contributed by atoms with Gasteiger partial charge in [0.1, 0.15) is 16.3 Å². The number of urea groups is 1. The molecule has 3 aromatic rings. The number of nitrogens with zero attached hydrogens (tertiary/aromatic N) is 3. The summed E-state index contributed by atoms with van der Waals surface area (Å²) in [5.74, 6) is -0.343. The van der Waals surface area contributed by atoms with Crippen molar-refractivity contribution in [2.75, 3.05) is 19.6 Å². The molecule has 1 atom stereocenters. The lowest BCUT2D eigenvalue weighted by molar-refractivity contribution is 0.0566. The topological polar surface area (TPSA) is 57.6 Å².